The second kappa shape index (κ2) is 5.47. The molecule has 4 heteroatoms. The van der Waals surface area contributed by atoms with Gasteiger partial charge in [0.15, 0.2) is 11.6 Å². The van der Waals surface area contributed by atoms with Gasteiger partial charge in [-0.15, -0.1) is 0 Å². The molecule has 1 aliphatic carbocycles. The number of benzene rings is 1. The van der Waals surface area contributed by atoms with Crippen molar-refractivity contribution in [3.05, 3.63) is 29.6 Å². The van der Waals surface area contributed by atoms with E-state index in [9.17, 15) is 4.39 Å². The van der Waals surface area contributed by atoms with Crippen molar-refractivity contribution in [2.24, 2.45) is 17.2 Å². The van der Waals surface area contributed by atoms with Crippen LogP contribution in [0, 0.1) is 17.2 Å². The normalized spacial score (nSPS) is 23.3. The molecule has 1 fully saturated rings. The quantitative estimate of drug-likeness (QED) is 0.650. The van der Waals surface area contributed by atoms with E-state index in [2.05, 4.69) is 19.3 Å². The highest BCUT2D eigenvalue weighted by molar-refractivity contribution is 5.33. The fraction of sp³-hybridized carbons (Fsp3) is 0.600. The molecule has 1 aromatic carbocycles. The Morgan fingerprint density at radius 1 is 1.47 bits per heavy atom. The average Bonchev–Trinajstić information content (AvgIpc) is 2.72. The molecule has 0 saturated heterocycles. The maximum Gasteiger partial charge on any atom is 0.169 e. The summed E-state index contributed by atoms with van der Waals surface area (Å²) in [6.45, 7) is 4.46. The molecule has 1 saturated carbocycles. The van der Waals surface area contributed by atoms with Crippen LogP contribution in [0.2, 0.25) is 0 Å². The molecule has 106 valence electrons. The molecule has 1 aromatic rings. The highest BCUT2D eigenvalue weighted by Gasteiger charge is 2.40. The van der Waals surface area contributed by atoms with E-state index in [0.717, 1.165) is 12.8 Å². The van der Waals surface area contributed by atoms with Crippen molar-refractivity contribution in [1.29, 1.82) is 0 Å². The predicted molar refractivity (Wildman–Crippen MR) is 74.1 cm³/mol. The summed E-state index contributed by atoms with van der Waals surface area (Å²) in [6, 6.07) is 5.06. The Bertz CT molecular complexity index is 448. The maximum atomic E-state index is 14.4. The lowest BCUT2D eigenvalue weighted by molar-refractivity contribution is 0.195. The molecule has 0 aliphatic heterocycles. The molecule has 3 nitrogen and oxygen atoms in total. The number of nitrogens with two attached hydrogens (primary N) is 1. The Balaban J connectivity index is 2.37. The number of ether oxygens (including phenoxy) is 1. The van der Waals surface area contributed by atoms with Crippen LogP contribution in [0.25, 0.3) is 0 Å². The zero-order valence-corrected chi connectivity index (χ0v) is 11.9. The summed E-state index contributed by atoms with van der Waals surface area (Å²) in [5, 5.41) is 0. The molecule has 0 aromatic heterocycles. The van der Waals surface area contributed by atoms with Crippen LogP contribution in [0.15, 0.2) is 18.2 Å². The molecule has 2 unspecified atom stereocenters. The van der Waals surface area contributed by atoms with Crippen molar-refractivity contribution >= 4 is 0 Å². The van der Waals surface area contributed by atoms with Gasteiger partial charge in [-0.1, -0.05) is 32.4 Å². The molecular weight excluding hydrogens is 243 g/mol. The summed E-state index contributed by atoms with van der Waals surface area (Å²) in [5.41, 5.74) is 3.58. The molecule has 3 N–H and O–H groups in total. The fourth-order valence-corrected chi connectivity index (χ4v) is 3.32. The number of nitrogens with one attached hydrogen (secondary N) is 1. The lowest BCUT2D eigenvalue weighted by Gasteiger charge is -2.34. The van der Waals surface area contributed by atoms with Gasteiger partial charge >= 0.3 is 0 Å². The van der Waals surface area contributed by atoms with Crippen molar-refractivity contribution < 1.29 is 9.13 Å². The van der Waals surface area contributed by atoms with Crippen LogP contribution in [-0.4, -0.2) is 7.11 Å². The summed E-state index contributed by atoms with van der Waals surface area (Å²) >= 11 is 0. The van der Waals surface area contributed by atoms with Gasteiger partial charge in [0.2, 0.25) is 0 Å². The lowest BCUT2D eigenvalue weighted by Crippen LogP contribution is -2.38. The molecule has 0 amide bonds. The second-order valence-electron chi connectivity index (χ2n) is 6.00. The Kier molecular flexibility index (Phi) is 4.11. The molecule has 0 radical (unpaired) electrons. The van der Waals surface area contributed by atoms with Crippen molar-refractivity contribution in [3.63, 3.8) is 0 Å². The molecule has 2 rings (SSSR count). The van der Waals surface area contributed by atoms with E-state index in [1.807, 2.05) is 6.07 Å². The van der Waals surface area contributed by atoms with Gasteiger partial charge < -0.3 is 4.74 Å². The molecular formula is C15H23FN2O. The standard InChI is InChI=1S/C15H23FN2O/c1-15(2)9-5-7-11(15)14(18-17)10-6-4-8-12(19-3)13(10)16/h4,6,8,11,14,18H,5,7,9,17H2,1-3H3. The third-order valence-corrected chi connectivity index (χ3v) is 4.47. The smallest absolute Gasteiger partial charge is 0.169 e. The number of methoxy groups -OCH3 is 1. The average molecular weight is 266 g/mol. The highest BCUT2D eigenvalue weighted by Crippen LogP contribution is 2.49. The zero-order chi connectivity index (χ0) is 14.0. The van der Waals surface area contributed by atoms with E-state index < -0.39 is 0 Å². The van der Waals surface area contributed by atoms with E-state index in [-0.39, 0.29) is 23.0 Å². The van der Waals surface area contributed by atoms with E-state index in [1.54, 1.807) is 12.1 Å². The summed E-state index contributed by atoms with van der Waals surface area (Å²) in [6.07, 6.45) is 3.39. The summed E-state index contributed by atoms with van der Waals surface area (Å²) in [5.74, 6) is 6.00. The Morgan fingerprint density at radius 3 is 2.74 bits per heavy atom. The van der Waals surface area contributed by atoms with Crippen molar-refractivity contribution in [1.82, 2.24) is 5.43 Å². The second-order valence-corrected chi connectivity index (χ2v) is 6.00. The molecule has 0 heterocycles. The minimum Gasteiger partial charge on any atom is -0.494 e. The largest absolute Gasteiger partial charge is 0.494 e. The number of halogens is 1. The maximum absolute atomic E-state index is 14.4. The van der Waals surface area contributed by atoms with Crippen LogP contribution < -0.4 is 16.0 Å². The number of rotatable bonds is 4. The number of hydrazine groups is 1. The van der Waals surface area contributed by atoms with Crippen LogP contribution in [-0.2, 0) is 0 Å². The van der Waals surface area contributed by atoms with Gasteiger partial charge in [0.1, 0.15) is 0 Å². The molecule has 1 aliphatic rings. The van der Waals surface area contributed by atoms with Crippen LogP contribution in [0.5, 0.6) is 5.75 Å². The summed E-state index contributed by atoms with van der Waals surface area (Å²) in [4.78, 5) is 0. The van der Waals surface area contributed by atoms with Crippen LogP contribution >= 0.6 is 0 Å². The first-order valence-electron chi connectivity index (χ1n) is 6.80. The van der Waals surface area contributed by atoms with Gasteiger partial charge in [0.25, 0.3) is 0 Å². The van der Waals surface area contributed by atoms with E-state index in [4.69, 9.17) is 10.6 Å². The van der Waals surface area contributed by atoms with Gasteiger partial charge in [0, 0.05) is 5.56 Å². The third kappa shape index (κ3) is 2.60. The minimum atomic E-state index is -0.310. The molecule has 19 heavy (non-hydrogen) atoms. The van der Waals surface area contributed by atoms with Crippen LogP contribution in [0.4, 0.5) is 4.39 Å². The number of hydrogen-bond donors (Lipinski definition) is 2. The first kappa shape index (κ1) is 14.3. The summed E-state index contributed by atoms with van der Waals surface area (Å²) in [7, 11) is 1.48. The molecule has 0 spiro atoms. The van der Waals surface area contributed by atoms with E-state index in [0.29, 0.717) is 11.5 Å². The highest BCUT2D eigenvalue weighted by atomic mass is 19.1. The first-order valence-corrected chi connectivity index (χ1v) is 6.80. The van der Waals surface area contributed by atoms with Gasteiger partial charge in [-0.25, -0.2) is 4.39 Å². The summed E-state index contributed by atoms with van der Waals surface area (Å²) < 4.78 is 19.4. The van der Waals surface area contributed by atoms with Crippen LogP contribution in [0.3, 0.4) is 0 Å². The van der Waals surface area contributed by atoms with Gasteiger partial charge in [-0.3, -0.25) is 11.3 Å². The molecule has 0 bridgehead atoms. The Morgan fingerprint density at radius 2 is 2.21 bits per heavy atom. The van der Waals surface area contributed by atoms with Gasteiger partial charge in [0.05, 0.1) is 13.2 Å². The van der Waals surface area contributed by atoms with Gasteiger partial charge in [-0.2, -0.15) is 0 Å². The monoisotopic (exact) mass is 266 g/mol. The van der Waals surface area contributed by atoms with Crippen molar-refractivity contribution in [2.45, 2.75) is 39.2 Å². The number of hydrogen-bond acceptors (Lipinski definition) is 3. The molecule has 2 atom stereocenters. The van der Waals surface area contributed by atoms with E-state index in [1.165, 1.54) is 13.5 Å². The van der Waals surface area contributed by atoms with Crippen molar-refractivity contribution in [2.75, 3.05) is 7.11 Å². The van der Waals surface area contributed by atoms with E-state index >= 15 is 0 Å². The first-order chi connectivity index (χ1) is 9.01. The lowest BCUT2D eigenvalue weighted by atomic mass is 9.75. The third-order valence-electron chi connectivity index (χ3n) is 4.47. The fourth-order valence-electron chi connectivity index (χ4n) is 3.32. The van der Waals surface area contributed by atoms with Crippen molar-refractivity contribution in [3.8, 4) is 5.75 Å². The van der Waals surface area contributed by atoms with Crippen LogP contribution in [0.1, 0.15) is 44.7 Å². The minimum absolute atomic E-state index is 0.173. The SMILES string of the molecule is COc1cccc(C(NN)C2CCCC2(C)C)c1F. The van der Waals surface area contributed by atoms with Gasteiger partial charge in [-0.05, 0) is 30.2 Å². The Hall–Kier alpha value is -1.13. The zero-order valence-electron chi connectivity index (χ0n) is 11.9. The topological polar surface area (TPSA) is 47.3 Å². The Labute approximate surface area is 114 Å². The predicted octanol–water partition coefficient (Wildman–Crippen LogP) is 3.17.